The molecule has 1 N–H and O–H groups in total. The van der Waals surface area contributed by atoms with E-state index in [9.17, 15) is 0 Å². The van der Waals surface area contributed by atoms with E-state index in [1.54, 1.807) is 30.5 Å². The van der Waals surface area contributed by atoms with Gasteiger partial charge in [-0.25, -0.2) is 4.98 Å². The first kappa shape index (κ1) is 13.7. The molecule has 2 aromatic rings. The normalized spacial score (nSPS) is 11.7. The van der Waals surface area contributed by atoms with Crippen molar-refractivity contribution in [2.45, 2.75) is 13.0 Å². The van der Waals surface area contributed by atoms with Crippen LogP contribution < -0.4 is 5.32 Å². The van der Waals surface area contributed by atoms with Crippen molar-refractivity contribution in [3.8, 4) is 6.07 Å². The SMILES string of the molecule is CC(Nc1ccnc(C#N)c1)c1ccc(Cl)cc1Cl. The summed E-state index contributed by atoms with van der Waals surface area (Å²) in [5.41, 5.74) is 2.14. The van der Waals surface area contributed by atoms with Crippen LogP contribution in [0.3, 0.4) is 0 Å². The number of nitrogens with zero attached hydrogens (tertiary/aromatic N) is 2. The van der Waals surface area contributed by atoms with Crippen LogP contribution >= 0.6 is 23.2 Å². The summed E-state index contributed by atoms with van der Waals surface area (Å²) in [6.45, 7) is 1.99. The van der Waals surface area contributed by atoms with Crippen molar-refractivity contribution in [1.82, 2.24) is 4.98 Å². The van der Waals surface area contributed by atoms with Gasteiger partial charge < -0.3 is 5.32 Å². The van der Waals surface area contributed by atoms with E-state index in [1.165, 1.54) is 0 Å². The summed E-state index contributed by atoms with van der Waals surface area (Å²) in [6, 6.07) is 10.9. The molecule has 0 saturated carbocycles. The van der Waals surface area contributed by atoms with Gasteiger partial charge in [-0.3, -0.25) is 0 Å². The fourth-order valence-corrected chi connectivity index (χ4v) is 2.33. The molecule has 1 atom stereocenters. The Bertz CT molecular complexity index is 635. The second-order valence-corrected chi connectivity index (χ2v) is 4.92. The summed E-state index contributed by atoms with van der Waals surface area (Å²) >= 11 is 12.0. The molecule has 0 saturated heterocycles. The van der Waals surface area contributed by atoms with Gasteiger partial charge in [0.05, 0.1) is 0 Å². The Morgan fingerprint density at radius 3 is 2.74 bits per heavy atom. The van der Waals surface area contributed by atoms with Crippen LogP contribution in [-0.4, -0.2) is 4.98 Å². The minimum Gasteiger partial charge on any atom is -0.378 e. The molecule has 1 unspecified atom stereocenters. The summed E-state index contributed by atoms with van der Waals surface area (Å²) < 4.78 is 0. The number of aromatic nitrogens is 1. The van der Waals surface area contributed by atoms with Crippen molar-refractivity contribution >= 4 is 28.9 Å². The maximum atomic E-state index is 8.81. The third-order valence-electron chi connectivity index (χ3n) is 2.69. The molecule has 1 aromatic heterocycles. The highest BCUT2D eigenvalue weighted by atomic mass is 35.5. The molecule has 0 aliphatic carbocycles. The van der Waals surface area contributed by atoms with Crippen LogP contribution in [0.4, 0.5) is 5.69 Å². The van der Waals surface area contributed by atoms with E-state index in [1.807, 2.05) is 19.1 Å². The second kappa shape index (κ2) is 5.92. The van der Waals surface area contributed by atoms with Crippen molar-refractivity contribution in [3.63, 3.8) is 0 Å². The number of pyridine rings is 1. The van der Waals surface area contributed by atoms with Gasteiger partial charge in [-0.2, -0.15) is 5.26 Å². The molecule has 0 spiro atoms. The molecule has 0 bridgehead atoms. The van der Waals surface area contributed by atoms with Gasteiger partial charge in [0.25, 0.3) is 0 Å². The highest BCUT2D eigenvalue weighted by Gasteiger charge is 2.10. The minimum atomic E-state index is -0.00119. The first-order valence-electron chi connectivity index (χ1n) is 5.68. The average Bonchev–Trinajstić information content (AvgIpc) is 2.38. The molecule has 0 aliphatic rings. The van der Waals surface area contributed by atoms with E-state index < -0.39 is 0 Å². The fourth-order valence-electron chi connectivity index (χ4n) is 1.76. The van der Waals surface area contributed by atoms with Gasteiger partial charge >= 0.3 is 0 Å². The van der Waals surface area contributed by atoms with Gasteiger partial charge in [0.1, 0.15) is 11.8 Å². The number of benzene rings is 1. The van der Waals surface area contributed by atoms with E-state index in [0.29, 0.717) is 15.7 Å². The Morgan fingerprint density at radius 1 is 1.26 bits per heavy atom. The largest absolute Gasteiger partial charge is 0.378 e. The van der Waals surface area contributed by atoms with Gasteiger partial charge in [-0.1, -0.05) is 29.3 Å². The monoisotopic (exact) mass is 291 g/mol. The summed E-state index contributed by atoms with van der Waals surface area (Å²) in [5, 5.41) is 13.3. The molecule has 96 valence electrons. The fraction of sp³-hybridized carbons (Fsp3) is 0.143. The van der Waals surface area contributed by atoms with Crippen LogP contribution in [0.2, 0.25) is 10.0 Å². The lowest BCUT2D eigenvalue weighted by atomic mass is 10.1. The lowest BCUT2D eigenvalue weighted by molar-refractivity contribution is 0.884. The Morgan fingerprint density at radius 2 is 2.05 bits per heavy atom. The zero-order valence-electron chi connectivity index (χ0n) is 10.2. The Hall–Kier alpha value is -1.76. The second-order valence-electron chi connectivity index (χ2n) is 4.07. The van der Waals surface area contributed by atoms with E-state index in [-0.39, 0.29) is 6.04 Å². The minimum absolute atomic E-state index is 0.00119. The number of nitriles is 1. The Balaban J connectivity index is 2.20. The number of halogens is 2. The summed E-state index contributed by atoms with van der Waals surface area (Å²) in [6.07, 6.45) is 1.59. The number of rotatable bonds is 3. The molecule has 0 radical (unpaired) electrons. The van der Waals surface area contributed by atoms with E-state index >= 15 is 0 Å². The van der Waals surface area contributed by atoms with Crippen molar-refractivity contribution in [2.24, 2.45) is 0 Å². The van der Waals surface area contributed by atoms with Gasteiger partial charge in [-0.05, 0) is 36.8 Å². The quantitative estimate of drug-likeness (QED) is 0.910. The topological polar surface area (TPSA) is 48.7 Å². The molecule has 0 fully saturated rings. The van der Waals surface area contributed by atoms with Crippen molar-refractivity contribution < 1.29 is 0 Å². The zero-order valence-corrected chi connectivity index (χ0v) is 11.7. The van der Waals surface area contributed by atoms with Crippen LogP contribution in [0, 0.1) is 11.3 Å². The number of anilines is 1. The maximum Gasteiger partial charge on any atom is 0.142 e. The number of hydrogen-bond acceptors (Lipinski definition) is 3. The molecule has 1 aromatic carbocycles. The lowest BCUT2D eigenvalue weighted by Gasteiger charge is -2.17. The third kappa shape index (κ3) is 3.37. The van der Waals surface area contributed by atoms with Gasteiger partial charge in [0, 0.05) is 28.0 Å². The predicted molar refractivity (Wildman–Crippen MR) is 77.5 cm³/mol. The molecule has 1 heterocycles. The highest BCUT2D eigenvalue weighted by molar-refractivity contribution is 6.35. The van der Waals surface area contributed by atoms with Crippen LogP contribution in [0.1, 0.15) is 24.2 Å². The third-order valence-corrected chi connectivity index (χ3v) is 3.25. The summed E-state index contributed by atoms with van der Waals surface area (Å²) in [4.78, 5) is 3.92. The molecular weight excluding hydrogens is 281 g/mol. The number of hydrogen-bond donors (Lipinski definition) is 1. The highest BCUT2D eigenvalue weighted by Crippen LogP contribution is 2.28. The Labute approximate surface area is 121 Å². The van der Waals surface area contributed by atoms with Crippen molar-refractivity contribution in [2.75, 3.05) is 5.32 Å². The van der Waals surface area contributed by atoms with E-state index in [0.717, 1.165) is 11.3 Å². The lowest BCUT2D eigenvalue weighted by Crippen LogP contribution is -2.07. The van der Waals surface area contributed by atoms with Crippen LogP contribution in [-0.2, 0) is 0 Å². The summed E-state index contributed by atoms with van der Waals surface area (Å²) in [5.74, 6) is 0. The van der Waals surface area contributed by atoms with E-state index in [2.05, 4.69) is 10.3 Å². The first-order valence-corrected chi connectivity index (χ1v) is 6.43. The Kier molecular flexibility index (Phi) is 4.26. The molecule has 0 aliphatic heterocycles. The molecule has 5 heteroatoms. The first-order chi connectivity index (χ1) is 9.10. The van der Waals surface area contributed by atoms with Crippen LogP contribution in [0.15, 0.2) is 36.5 Å². The maximum absolute atomic E-state index is 8.81. The van der Waals surface area contributed by atoms with Crippen LogP contribution in [0.5, 0.6) is 0 Å². The number of nitrogens with one attached hydrogen (secondary N) is 1. The molecule has 19 heavy (non-hydrogen) atoms. The van der Waals surface area contributed by atoms with Crippen LogP contribution in [0.25, 0.3) is 0 Å². The van der Waals surface area contributed by atoms with E-state index in [4.69, 9.17) is 28.5 Å². The standard InChI is InChI=1S/C14H11Cl2N3/c1-9(13-3-2-10(15)6-14(13)16)19-11-4-5-18-12(7-11)8-17/h2-7,9H,1H3,(H,18,19). The zero-order chi connectivity index (χ0) is 13.8. The van der Waals surface area contributed by atoms with Gasteiger partial charge in [-0.15, -0.1) is 0 Å². The molecule has 3 nitrogen and oxygen atoms in total. The molecule has 0 amide bonds. The smallest absolute Gasteiger partial charge is 0.142 e. The average molecular weight is 292 g/mol. The van der Waals surface area contributed by atoms with Crippen molar-refractivity contribution in [3.05, 3.63) is 57.8 Å². The predicted octanol–water partition coefficient (Wildman–Crippen LogP) is 4.43. The van der Waals surface area contributed by atoms with Crippen molar-refractivity contribution in [1.29, 1.82) is 5.26 Å². The van der Waals surface area contributed by atoms with Gasteiger partial charge in [0.15, 0.2) is 0 Å². The van der Waals surface area contributed by atoms with Gasteiger partial charge in [0.2, 0.25) is 0 Å². The molecular formula is C14H11Cl2N3. The summed E-state index contributed by atoms with van der Waals surface area (Å²) in [7, 11) is 0. The molecule has 2 rings (SSSR count).